The third-order valence-electron chi connectivity index (χ3n) is 0.514. The standard InChI is InChI=1S/C4H6O4.K/c1-3(8-6)4(5)7-2;/h6H,1H2,2H3;/q;+1/p-1. The van der Waals surface area contributed by atoms with Crippen molar-refractivity contribution >= 4 is 5.97 Å². The number of hydrogen-bond donors (Lipinski definition) is 0. The minimum Gasteiger partial charge on any atom is -0.664 e. The fraction of sp³-hybridized carbons (Fsp3) is 0.250. The summed E-state index contributed by atoms with van der Waals surface area (Å²) in [5, 5.41) is 9.33. The molecule has 0 unspecified atom stereocenters. The Labute approximate surface area is 95.2 Å². The van der Waals surface area contributed by atoms with Gasteiger partial charge in [0.15, 0.2) is 5.76 Å². The zero-order chi connectivity index (χ0) is 6.57. The first kappa shape index (κ1) is 12.3. The van der Waals surface area contributed by atoms with Crippen LogP contribution in [0.4, 0.5) is 0 Å². The van der Waals surface area contributed by atoms with E-state index in [4.69, 9.17) is 0 Å². The van der Waals surface area contributed by atoms with Crippen LogP contribution in [0.25, 0.3) is 0 Å². The molecular weight excluding hydrogens is 151 g/mol. The van der Waals surface area contributed by atoms with Crippen molar-refractivity contribution in [2.45, 2.75) is 0 Å². The van der Waals surface area contributed by atoms with E-state index in [0.29, 0.717) is 0 Å². The smallest absolute Gasteiger partial charge is 0.664 e. The Bertz CT molecular complexity index is 97.1. The van der Waals surface area contributed by atoms with Gasteiger partial charge in [-0.1, -0.05) is 0 Å². The van der Waals surface area contributed by atoms with Crippen molar-refractivity contribution < 1.29 is 71.1 Å². The van der Waals surface area contributed by atoms with Gasteiger partial charge in [0.1, 0.15) is 0 Å². The molecule has 0 aliphatic rings. The van der Waals surface area contributed by atoms with Gasteiger partial charge in [-0.25, -0.2) is 4.79 Å². The molecule has 46 valence electrons. The topological polar surface area (TPSA) is 58.6 Å². The molecule has 0 amide bonds. The Kier molecular flexibility index (Phi) is 9.19. The van der Waals surface area contributed by atoms with E-state index in [1.165, 1.54) is 0 Å². The summed E-state index contributed by atoms with van der Waals surface area (Å²) in [4.78, 5) is 13.3. The summed E-state index contributed by atoms with van der Waals surface area (Å²) in [5.41, 5.74) is 0. The van der Waals surface area contributed by atoms with E-state index in [1.807, 2.05) is 0 Å². The number of hydrogen-bond acceptors (Lipinski definition) is 4. The van der Waals surface area contributed by atoms with Crippen LogP contribution in [0, 0.1) is 0 Å². The fourth-order valence-corrected chi connectivity index (χ4v) is 0.148. The minimum atomic E-state index is -0.847. The van der Waals surface area contributed by atoms with Gasteiger partial charge >= 0.3 is 57.4 Å². The van der Waals surface area contributed by atoms with Crippen LogP contribution in [0.3, 0.4) is 0 Å². The Balaban J connectivity index is 0. The molecule has 0 N–H and O–H groups in total. The van der Waals surface area contributed by atoms with Crippen molar-refractivity contribution in [3.05, 3.63) is 12.3 Å². The molecule has 0 radical (unpaired) electrons. The van der Waals surface area contributed by atoms with Gasteiger partial charge in [-0.2, -0.15) is 0 Å². The van der Waals surface area contributed by atoms with E-state index < -0.39 is 11.7 Å². The summed E-state index contributed by atoms with van der Waals surface area (Å²) in [6.45, 7) is 2.93. The van der Waals surface area contributed by atoms with Gasteiger partial charge in [0, 0.05) is 0 Å². The van der Waals surface area contributed by atoms with Crippen LogP contribution in [-0.4, -0.2) is 13.1 Å². The molecule has 0 saturated carbocycles. The number of ether oxygens (including phenoxy) is 1. The second-order valence-corrected chi connectivity index (χ2v) is 0.998. The zero-order valence-corrected chi connectivity index (χ0v) is 8.46. The van der Waals surface area contributed by atoms with E-state index in [-0.39, 0.29) is 51.4 Å². The number of carbonyl (C=O) groups is 1. The summed E-state index contributed by atoms with van der Waals surface area (Å²) in [6, 6.07) is 0. The van der Waals surface area contributed by atoms with E-state index in [9.17, 15) is 10.1 Å². The maximum Gasteiger partial charge on any atom is 1.00 e. The number of esters is 1. The predicted octanol–water partition coefficient (Wildman–Crippen LogP) is -4.03. The molecule has 0 bridgehead atoms. The van der Waals surface area contributed by atoms with Crippen LogP contribution in [0.2, 0.25) is 0 Å². The van der Waals surface area contributed by atoms with E-state index in [0.717, 1.165) is 7.11 Å². The van der Waals surface area contributed by atoms with Crippen molar-refractivity contribution in [3.63, 3.8) is 0 Å². The first-order chi connectivity index (χ1) is 3.72. The predicted molar refractivity (Wildman–Crippen MR) is 22.2 cm³/mol. The third-order valence-corrected chi connectivity index (χ3v) is 0.514. The van der Waals surface area contributed by atoms with Crippen molar-refractivity contribution in [2.24, 2.45) is 0 Å². The summed E-state index contributed by atoms with van der Waals surface area (Å²) >= 11 is 0. The first-order valence-electron chi connectivity index (χ1n) is 1.79. The van der Waals surface area contributed by atoms with Gasteiger partial charge < -0.3 is 14.9 Å². The van der Waals surface area contributed by atoms with Gasteiger partial charge in [-0.05, 0) is 6.58 Å². The monoisotopic (exact) mass is 156 g/mol. The molecule has 0 aromatic rings. The van der Waals surface area contributed by atoms with Crippen LogP contribution in [0.1, 0.15) is 0 Å². The molecule has 0 saturated heterocycles. The van der Waals surface area contributed by atoms with Gasteiger partial charge in [-0.15, -0.1) is 0 Å². The number of carbonyl (C=O) groups excluding carboxylic acids is 1. The largest absolute Gasteiger partial charge is 1.00 e. The quantitative estimate of drug-likeness (QED) is 0.102. The second-order valence-electron chi connectivity index (χ2n) is 0.998. The molecular formula is C4H5KO4. The molecule has 0 aliphatic carbocycles. The van der Waals surface area contributed by atoms with Crippen LogP contribution in [-0.2, 0) is 14.4 Å². The van der Waals surface area contributed by atoms with Crippen LogP contribution in [0.15, 0.2) is 12.3 Å². The Morgan fingerprint density at radius 1 is 1.67 bits per heavy atom. The number of rotatable bonds is 2. The molecule has 0 atom stereocenters. The maximum absolute atomic E-state index is 10.1. The average Bonchev–Trinajstić information content (AvgIpc) is 1.84. The number of methoxy groups -OCH3 is 1. The molecule has 0 aliphatic heterocycles. The van der Waals surface area contributed by atoms with Gasteiger partial charge in [0.05, 0.1) is 7.11 Å². The summed E-state index contributed by atoms with van der Waals surface area (Å²) in [6.07, 6.45) is 0. The molecule has 0 heterocycles. The average molecular weight is 156 g/mol. The SMILES string of the molecule is C=C(O[O-])C(=O)OC.[K+]. The molecule has 0 rings (SSSR count). The zero-order valence-electron chi connectivity index (χ0n) is 5.34. The fourth-order valence-electron chi connectivity index (χ4n) is 0.148. The molecule has 4 nitrogen and oxygen atoms in total. The molecule has 0 fully saturated rings. The molecule has 0 aromatic heterocycles. The van der Waals surface area contributed by atoms with Crippen molar-refractivity contribution in [1.29, 1.82) is 0 Å². The van der Waals surface area contributed by atoms with Gasteiger partial charge in [-0.3, -0.25) is 0 Å². The maximum atomic E-state index is 10.1. The molecule has 0 spiro atoms. The summed E-state index contributed by atoms with van der Waals surface area (Å²) in [5.74, 6) is -1.38. The summed E-state index contributed by atoms with van der Waals surface area (Å²) in [7, 11) is 1.13. The van der Waals surface area contributed by atoms with E-state index in [1.54, 1.807) is 0 Å². The molecule has 9 heavy (non-hydrogen) atoms. The van der Waals surface area contributed by atoms with Crippen LogP contribution >= 0.6 is 0 Å². The van der Waals surface area contributed by atoms with Crippen molar-refractivity contribution in [2.75, 3.05) is 7.11 Å². The van der Waals surface area contributed by atoms with Crippen LogP contribution in [0.5, 0.6) is 0 Å². The van der Waals surface area contributed by atoms with Crippen molar-refractivity contribution in [3.8, 4) is 0 Å². The Morgan fingerprint density at radius 2 is 2.11 bits per heavy atom. The molecule has 0 aromatic carbocycles. The first-order valence-corrected chi connectivity index (χ1v) is 1.79. The van der Waals surface area contributed by atoms with E-state index >= 15 is 0 Å². The minimum absolute atomic E-state index is 0. The summed E-state index contributed by atoms with van der Waals surface area (Å²) < 4.78 is 4.04. The Hall–Kier alpha value is 0.606. The van der Waals surface area contributed by atoms with Gasteiger partial charge in [0.2, 0.25) is 0 Å². The van der Waals surface area contributed by atoms with Crippen molar-refractivity contribution in [1.82, 2.24) is 0 Å². The Morgan fingerprint density at radius 3 is 2.22 bits per heavy atom. The molecule has 5 heteroatoms. The second kappa shape index (κ2) is 6.72. The van der Waals surface area contributed by atoms with Gasteiger partial charge in [0.25, 0.3) is 0 Å². The normalized spacial score (nSPS) is 6.89. The van der Waals surface area contributed by atoms with E-state index in [2.05, 4.69) is 16.2 Å². The van der Waals surface area contributed by atoms with Crippen LogP contribution < -0.4 is 56.6 Å². The third kappa shape index (κ3) is 5.07.